The number of esters is 1. The molecular weight excluding hydrogens is 428 g/mol. The molecule has 0 saturated carbocycles. The van der Waals surface area contributed by atoms with Crippen molar-refractivity contribution in [2.24, 2.45) is 11.0 Å². The number of rotatable bonds is 7. The lowest BCUT2D eigenvalue weighted by Gasteiger charge is -2.30. The summed E-state index contributed by atoms with van der Waals surface area (Å²) in [5.74, 6) is 0.0244. The molecule has 0 aromatic heterocycles. The van der Waals surface area contributed by atoms with Gasteiger partial charge in [-0.25, -0.2) is 0 Å². The summed E-state index contributed by atoms with van der Waals surface area (Å²) in [6.07, 6.45) is 5.07. The fraction of sp³-hybridized carbons (Fsp3) is 0.444. The monoisotopic (exact) mass is 462 g/mol. The molecule has 7 nitrogen and oxygen atoms in total. The number of hydrazone groups is 1. The van der Waals surface area contributed by atoms with Crippen LogP contribution in [0.3, 0.4) is 0 Å². The van der Waals surface area contributed by atoms with Gasteiger partial charge in [0.2, 0.25) is 0 Å². The normalized spacial score (nSPS) is 18.5. The second kappa shape index (κ2) is 11.3. The van der Waals surface area contributed by atoms with Crippen LogP contribution < -0.4 is 5.32 Å². The molecule has 2 aliphatic rings. The van der Waals surface area contributed by atoms with Gasteiger partial charge in [-0.15, -0.1) is 0 Å². The zero-order valence-electron chi connectivity index (χ0n) is 20.1. The number of nitrogens with one attached hydrogen (secondary N) is 1. The molecule has 1 fully saturated rings. The first-order valence-electron chi connectivity index (χ1n) is 12.2. The standard InChI is InChI=1S/C27H34N4O3/c1-3-34-26(32)17-21-6-7-22-10-11-25(18-24(22)16-21)29-27(33)23-8-4-20(5-9-23)19-28-31-14-12-30(2)13-15-31/h4-5,8-11,18-19,21H,3,6-7,12-17H2,1-2H3,(H,29,33). The van der Waals surface area contributed by atoms with E-state index in [2.05, 4.69) is 33.4 Å². The summed E-state index contributed by atoms with van der Waals surface area (Å²) >= 11 is 0. The molecule has 1 saturated heterocycles. The lowest BCUT2D eigenvalue weighted by Crippen LogP contribution is -2.41. The van der Waals surface area contributed by atoms with E-state index in [-0.39, 0.29) is 17.8 Å². The zero-order valence-corrected chi connectivity index (χ0v) is 20.1. The van der Waals surface area contributed by atoms with Crippen molar-refractivity contribution < 1.29 is 14.3 Å². The molecule has 1 unspecified atom stereocenters. The van der Waals surface area contributed by atoms with Gasteiger partial charge in [-0.3, -0.25) is 14.6 Å². The van der Waals surface area contributed by atoms with Gasteiger partial charge in [0.05, 0.1) is 12.8 Å². The molecule has 1 N–H and O–H groups in total. The first kappa shape index (κ1) is 24.0. The highest BCUT2D eigenvalue weighted by atomic mass is 16.5. The Kier molecular flexibility index (Phi) is 7.95. The average molecular weight is 463 g/mol. The Balaban J connectivity index is 1.33. The summed E-state index contributed by atoms with van der Waals surface area (Å²) in [7, 11) is 2.12. The fourth-order valence-corrected chi connectivity index (χ4v) is 4.52. The molecule has 1 amide bonds. The maximum atomic E-state index is 12.8. The van der Waals surface area contributed by atoms with Gasteiger partial charge in [-0.2, -0.15) is 5.10 Å². The molecule has 180 valence electrons. The van der Waals surface area contributed by atoms with Gasteiger partial charge in [-0.05, 0) is 80.1 Å². The van der Waals surface area contributed by atoms with Crippen molar-refractivity contribution in [3.05, 3.63) is 64.7 Å². The van der Waals surface area contributed by atoms with Crippen molar-refractivity contribution in [2.45, 2.75) is 32.6 Å². The van der Waals surface area contributed by atoms with Crippen molar-refractivity contribution in [1.29, 1.82) is 0 Å². The quantitative estimate of drug-likeness (QED) is 0.503. The lowest BCUT2D eigenvalue weighted by atomic mass is 9.82. The minimum atomic E-state index is -0.138. The number of hydrogen-bond donors (Lipinski definition) is 1. The number of amides is 1. The van der Waals surface area contributed by atoms with Crippen molar-refractivity contribution in [3.63, 3.8) is 0 Å². The highest BCUT2D eigenvalue weighted by molar-refractivity contribution is 6.04. The van der Waals surface area contributed by atoms with Crippen LogP contribution in [0.2, 0.25) is 0 Å². The predicted octanol–water partition coefficient (Wildman–Crippen LogP) is 3.58. The van der Waals surface area contributed by atoms with E-state index in [9.17, 15) is 9.59 Å². The van der Waals surface area contributed by atoms with Crippen molar-refractivity contribution in [3.8, 4) is 0 Å². The first-order valence-corrected chi connectivity index (χ1v) is 12.2. The summed E-state index contributed by atoms with van der Waals surface area (Å²) in [5.41, 5.74) is 4.85. The molecule has 2 aromatic carbocycles. The van der Waals surface area contributed by atoms with E-state index in [1.807, 2.05) is 49.5 Å². The van der Waals surface area contributed by atoms with Crippen LogP contribution >= 0.6 is 0 Å². The van der Waals surface area contributed by atoms with Gasteiger partial charge in [0, 0.05) is 43.9 Å². The molecule has 34 heavy (non-hydrogen) atoms. The van der Waals surface area contributed by atoms with E-state index >= 15 is 0 Å². The molecule has 0 bridgehead atoms. The Hall–Kier alpha value is -3.19. The SMILES string of the molecule is CCOC(=O)CC1CCc2ccc(NC(=O)c3ccc(C=NN4CCN(C)CC4)cc3)cc2C1. The fourth-order valence-electron chi connectivity index (χ4n) is 4.52. The number of anilines is 1. The van der Waals surface area contributed by atoms with E-state index in [0.29, 0.717) is 18.6 Å². The minimum Gasteiger partial charge on any atom is -0.466 e. The van der Waals surface area contributed by atoms with E-state index < -0.39 is 0 Å². The number of ether oxygens (including phenoxy) is 1. The van der Waals surface area contributed by atoms with Crippen LogP contribution in [0.25, 0.3) is 0 Å². The van der Waals surface area contributed by atoms with Crippen molar-refractivity contribution in [1.82, 2.24) is 9.91 Å². The van der Waals surface area contributed by atoms with Crippen molar-refractivity contribution in [2.75, 3.05) is 45.2 Å². The Morgan fingerprint density at radius 1 is 1.09 bits per heavy atom. The second-order valence-corrected chi connectivity index (χ2v) is 9.18. The molecule has 1 atom stereocenters. The summed E-state index contributed by atoms with van der Waals surface area (Å²) in [6, 6.07) is 13.6. The number of carbonyl (C=O) groups is 2. The third-order valence-corrected chi connectivity index (χ3v) is 6.58. The molecule has 1 aliphatic heterocycles. The minimum absolute atomic E-state index is 0.127. The zero-order chi connectivity index (χ0) is 23.9. The maximum absolute atomic E-state index is 12.8. The van der Waals surface area contributed by atoms with E-state index in [1.165, 1.54) is 11.1 Å². The van der Waals surface area contributed by atoms with Gasteiger partial charge in [0.15, 0.2) is 0 Å². The van der Waals surface area contributed by atoms with Crippen LogP contribution in [0.15, 0.2) is 47.6 Å². The molecule has 2 aromatic rings. The Bertz CT molecular complexity index is 1030. The summed E-state index contributed by atoms with van der Waals surface area (Å²) in [5, 5.41) is 9.65. The van der Waals surface area contributed by atoms with Crippen LogP contribution in [0.4, 0.5) is 5.69 Å². The van der Waals surface area contributed by atoms with Crippen LogP contribution in [0, 0.1) is 5.92 Å². The smallest absolute Gasteiger partial charge is 0.306 e. The van der Waals surface area contributed by atoms with Gasteiger partial charge in [0.25, 0.3) is 5.91 Å². The van der Waals surface area contributed by atoms with Gasteiger partial charge < -0.3 is 15.0 Å². The lowest BCUT2D eigenvalue weighted by molar-refractivity contribution is -0.144. The van der Waals surface area contributed by atoms with Gasteiger partial charge in [0.1, 0.15) is 0 Å². The van der Waals surface area contributed by atoms with Crippen molar-refractivity contribution >= 4 is 23.8 Å². The second-order valence-electron chi connectivity index (χ2n) is 9.18. The Labute approximate surface area is 201 Å². The molecular formula is C27H34N4O3. The van der Waals surface area contributed by atoms with Crippen LogP contribution in [0.5, 0.6) is 0 Å². The van der Waals surface area contributed by atoms with Crippen LogP contribution in [-0.4, -0.2) is 67.8 Å². The molecule has 1 aliphatic carbocycles. The number of fused-ring (bicyclic) bond motifs is 1. The third-order valence-electron chi connectivity index (χ3n) is 6.58. The van der Waals surface area contributed by atoms with Gasteiger partial charge in [-0.1, -0.05) is 18.2 Å². The summed E-state index contributed by atoms with van der Waals surface area (Å²) in [6.45, 7) is 6.15. The number of aryl methyl sites for hydroxylation is 1. The number of piperazine rings is 1. The largest absolute Gasteiger partial charge is 0.466 e. The Morgan fingerprint density at radius 3 is 2.59 bits per heavy atom. The summed E-state index contributed by atoms with van der Waals surface area (Å²) < 4.78 is 5.11. The highest BCUT2D eigenvalue weighted by Gasteiger charge is 2.22. The van der Waals surface area contributed by atoms with E-state index in [1.54, 1.807) is 0 Å². The van der Waals surface area contributed by atoms with Crippen LogP contribution in [-0.2, 0) is 22.4 Å². The van der Waals surface area contributed by atoms with E-state index in [4.69, 9.17) is 4.74 Å². The topological polar surface area (TPSA) is 74.2 Å². The molecule has 4 rings (SSSR count). The molecule has 0 spiro atoms. The Morgan fingerprint density at radius 2 is 1.85 bits per heavy atom. The number of hydrogen-bond acceptors (Lipinski definition) is 6. The molecule has 1 heterocycles. The number of benzene rings is 2. The number of carbonyl (C=O) groups excluding carboxylic acids is 2. The predicted molar refractivity (Wildman–Crippen MR) is 134 cm³/mol. The first-order chi connectivity index (χ1) is 16.5. The van der Waals surface area contributed by atoms with Crippen LogP contribution in [0.1, 0.15) is 46.8 Å². The number of likely N-dealkylation sites (N-methyl/N-ethyl adjacent to an activating group) is 1. The average Bonchev–Trinajstić information content (AvgIpc) is 2.84. The van der Waals surface area contributed by atoms with Gasteiger partial charge >= 0.3 is 5.97 Å². The number of nitrogens with zero attached hydrogens (tertiary/aromatic N) is 3. The third kappa shape index (κ3) is 6.44. The van der Waals surface area contributed by atoms with E-state index in [0.717, 1.165) is 56.7 Å². The summed E-state index contributed by atoms with van der Waals surface area (Å²) in [4.78, 5) is 26.9. The highest BCUT2D eigenvalue weighted by Crippen LogP contribution is 2.30. The maximum Gasteiger partial charge on any atom is 0.306 e. The molecule has 7 heteroatoms. The molecule has 0 radical (unpaired) electrons.